The third-order valence-corrected chi connectivity index (χ3v) is 4.33. The van der Waals surface area contributed by atoms with Crippen molar-refractivity contribution in [3.63, 3.8) is 0 Å². The van der Waals surface area contributed by atoms with Gasteiger partial charge in [-0.25, -0.2) is 4.79 Å². The third kappa shape index (κ3) is 7.44. The molecule has 0 aliphatic carbocycles. The summed E-state index contributed by atoms with van der Waals surface area (Å²) in [6.45, 7) is 15.9. The Bertz CT molecular complexity index is 423. The van der Waals surface area contributed by atoms with Crippen molar-refractivity contribution < 1.29 is 9.53 Å². The Kier molecular flexibility index (Phi) is 9.38. The lowest BCUT2D eigenvalue weighted by Crippen LogP contribution is -2.45. The normalized spacial score (nSPS) is 17.9. The van der Waals surface area contributed by atoms with Crippen molar-refractivity contribution in [1.82, 2.24) is 9.80 Å². The van der Waals surface area contributed by atoms with Crippen LogP contribution in [0.2, 0.25) is 0 Å². The zero-order valence-corrected chi connectivity index (χ0v) is 18.4. The van der Waals surface area contributed by atoms with E-state index in [2.05, 4.69) is 30.7 Å². The molecule has 0 radical (unpaired) electrons. The molecule has 24 heavy (non-hydrogen) atoms. The Hall–Kier alpha value is -0.730. The predicted octanol–water partition coefficient (Wildman–Crippen LogP) is 3.30. The monoisotopic (exact) mass is 454 g/mol. The average molecular weight is 454 g/mol. The van der Waals surface area contributed by atoms with Crippen molar-refractivity contribution in [2.75, 3.05) is 32.7 Å². The van der Waals surface area contributed by atoms with Crippen LogP contribution in [0.3, 0.4) is 0 Å². The highest BCUT2D eigenvalue weighted by atomic mass is 127. The second-order valence-corrected chi connectivity index (χ2v) is 7.62. The summed E-state index contributed by atoms with van der Waals surface area (Å²) in [6.07, 6.45) is 1.62. The lowest BCUT2D eigenvalue weighted by atomic mass is 9.80. The number of aliphatic imine (C=N–C) groups is 1. The Labute approximate surface area is 164 Å². The summed E-state index contributed by atoms with van der Waals surface area (Å²) in [7, 11) is 0. The van der Waals surface area contributed by atoms with Crippen LogP contribution in [0.5, 0.6) is 0 Å². The summed E-state index contributed by atoms with van der Waals surface area (Å²) in [4.78, 5) is 20.5. The molecule has 0 aromatic rings. The number of nitrogens with zero attached hydrogens (tertiary/aromatic N) is 3. The molecule has 1 saturated heterocycles. The fourth-order valence-electron chi connectivity index (χ4n) is 2.63. The van der Waals surface area contributed by atoms with Gasteiger partial charge in [0.15, 0.2) is 5.96 Å². The van der Waals surface area contributed by atoms with E-state index in [-0.39, 0.29) is 35.5 Å². The Morgan fingerprint density at radius 2 is 1.75 bits per heavy atom. The lowest BCUT2D eigenvalue weighted by molar-refractivity contribution is 0.0127. The molecule has 1 fully saturated rings. The Morgan fingerprint density at radius 3 is 2.17 bits per heavy atom. The number of halogens is 1. The molecule has 1 rings (SSSR count). The smallest absolute Gasteiger partial charge is 0.410 e. The minimum Gasteiger partial charge on any atom is -0.444 e. The molecule has 0 spiro atoms. The van der Waals surface area contributed by atoms with Gasteiger partial charge in [-0.15, -0.1) is 24.0 Å². The maximum atomic E-state index is 12.1. The van der Waals surface area contributed by atoms with Crippen LogP contribution in [0.25, 0.3) is 0 Å². The second kappa shape index (κ2) is 9.68. The summed E-state index contributed by atoms with van der Waals surface area (Å²) in [5, 5.41) is 0. The zero-order chi connectivity index (χ0) is 17.7. The van der Waals surface area contributed by atoms with Crippen LogP contribution in [0.15, 0.2) is 4.99 Å². The first-order chi connectivity index (χ1) is 10.6. The molecule has 0 aromatic carbocycles. The van der Waals surface area contributed by atoms with Gasteiger partial charge in [-0.05, 0) is 52.9 Å². The molecule has 0 aromatic heterocycles. The number of rotatable bonds is 4. The summed E-state index contributed by atoms with van der Waals surface area (Å²) in [6, 6.07) is 0. The van der Waals surface area contributed by atoms with Crippen LogP contribution in [0.4, 0.5) is 4.79 Å². The van der Waals surface area contributed by atoms with Gasteiger partial charge in [0.2, 0.25) is 0 Å². The van der Waals surface area contributed by atoms with E-state index >= 15 is 0 Å². The third-order valence-electron chi connectivity index (χ3n) is 4.33. The Balaban J connectivity index is 0.00000529. The van der Waals surface area contributed by atoms with E-state index in [1.54, 1.807) is 4.90 Å². The van der Waals surface area contributed by atoms with Gasteiger partial charge in [0, 0.05) is 32.7 Å². The largest absolute Gasteiger partial charge is 0.444 e. The van der Waals surface area contributed by atoms with Crippen molar-refractivity contribution >= 4 is 36.0 Å². The summed E-state index contributed by atoms with van der Waals surface area (Å²) in [5.41, 5.74) is 5.70. The first kappa shape index (κ1) is 23.3. The number of hydrogen-bond donors (Lipinski definition) is 1. The van der Waals surface area contributed by atoms with Crippen LogP contribution in [-0.2, 0) is 4.74 Å². The van der Waals surface area contributed by atoms with Gasteiger partial charge in [-0.3, -0.25) is 4.99 Å². The molecular weight excluding hydrogens is 419 g/mol. The molecule has 1 amide bonds. The van der Waals surface area contributed by atoms with Gasteiger partial charge in [-0.2, -0.15) is 0 Å². The number of carbonyl (C=O) groups excluding carboxylic acids is 1. The first-order valence-electron chi connectivity index (χ1n) is 8.63. The highest BCUT2D eigenvalue weighted by Gasteiger charge is 2.33. The quantitative estimate of drug-likeness (QED) is 0.402. The number of hydrogen-bond acceptors (Lipinski definition) is 3. The highest BCUT2D eigenvalue weighted by Crippen LogP contribution is 2.31. The summed E-state index contributed by atoms with van der Waals surface area (Å²) < 4.78 is 5.44. The number of guanidine groups is 1. The summed E-state index contributed by atoms with van der Waals surface area (Å²) >= 11 is 0. The molecule has 142 valence electrons. The average Bonchev–Trinajstić information content (AvgIpc) is 2.45. The number of carbonyl (C=O) groups is 1. The van der Waals surface area contributed by atoms with E-state index in [0.29, 0.717) is 25.6 Å². The molecule has 6 nitrogen and oxygen atoms in total. The standard InChI is InChI=1S/C17H34N4O2.HI/c1-7-20(8-2)14(18)19-13-17(6)9-11-21(12-10-17)15(22)23-16(3,4)5;/h7-13H2,1-6H3,(H2,18,19);1H. The van der Waals surface area contributed by atoms with E-state index in [4.69, 9.17) is 10.5 Å². The summed E-state index contributed by atoms with van der Waals surface area (Å²) in [5.74, 6) is 0.616. The van der Waals surface area contributed by atoms with Crippen LogP contribution in [0.1, 0.15) is 54.4 Å². The van der Waals surface area contributed by atoms with Gasteiger partial charge in [-0.1, -0.05) is 6.92 Å². The molecule has 1 aliphatic heterocycles. The minimum absolute atomic E-state index is 0. The molecule has 0 saturated carbocycles. The maximum Gasteiger partial charge on any atom is 0.410 e. The van der Waals surface area contributed by atoms with Gasteiger partial charge in [0.1, 0.15) is 5.60 Å². The molecule has 1 heterocycles. The van der Waals surface area contributed by atoms with Crippen molar-refractivity contribution in [2.45, 2.75) is 60.0 Å². The van der Waals surface area contributed by atoms with Crippen LogP contribution in [-0.4, -0.2) is 60.2 Å². The lowest BCUT2D eigenvalue weighted by Gasteiger charge is -2.39. The molecule has 2 N–H and O–H groups in total. The molecule has 7 heteroatoms. The predicted molar refractivity (Wildman–Crippen MR) is 110 cm³/mol. The van der Waals surface area contributed by atoms with E-state index in [9.17, 15) is 4.79 Å². The number of amides is 1. The van der Waals surface area contributed by atoms with Gasteiger partial charge >= 0.3 is 6.09 Å². The van der Waals surface area contributed by atoms with E-state index in [1.807, 2.05) is 20.8 Å². The molecular formula is C17H35IN4O2. The van der Waals surface area contributed by atoms with E-state index < -0.39 is 5.60 Å². The number of piperidine rings is 1. The van der Waals surface area contributed by atoms with E-state index in [1.165, 1.54) is 0 Å². The van der Waals surface area contributed by atoms with E-state index in [0.717, 1.165) is 25.9 Å². The SMILES string of the molecule is CCN(CC)C(N)=NCC1(C)CCN(C(=O)OC(C)(C)C)CC1.I. The first-order valence-corrected chi connectivity index (χ1v) is 8.63. The van der Waals surface area contributed by atoms with Crippen molar-refractivity contribution in [3.05, 3.63) is 0 Å². The van der Waals surface area contributed by atoms with Crippen molar-refractivity contribution in [3.8, 4) is 0 Å². The zero-order valence-electron chi connectivity index (χ0n) is 16.1. The molecule has 0 bridgehead atoms. The molecule has 0 atom stereocenters. The van der Waals surface area contributed by atoms with Crippen LogP contribution < -0.4 is 5.73 Å². The maximum absolute atomic E-state index is 12.1. The topological polar surface area (TPSA) is 71.2 Å². The van der Waals surface area contributed by atoms with Gasteiger partial charge in [0.05, 0.1) is 0 Å². The fourth-order valence-corrected chi connectivity index (χ4v) is 2.63. The highest BCUT2D eigenvalue weighted by molar-refractivity contribution is 14.0. The van der Waals surface area contributed by atoms with Crippen LogP contribution >= 0.6 is 24.0 Å². The Morgan fingerprint density at radius 1 is 1.25 bits per heavy atom. The minimum atomic E-state index is -0.444. The van der Waals surface area contributed by atoms with Gasteiger partial charge in [0.25, 0.3) is 0 Å². The number of likely N-dealkylation sites (tertiary alicyclic amines) is 1. The molecule has 0 unspecified atom stereocenters. The van der Waals surface area contributed by atoms with Crippen molar-refractivity contribution in [1.29, 1.82) is 0 Å². The second-order valence-electron chi connectivity index (χ2n) is 7.62. The van der Waals surface area contributed by atoms with Gasteiger partial charge < -0.3 is 20.3 Å². The van der Waals surface area contributed by atoms with Crippen LogP contribution in [0, 0.1) is 5.41 Å². The van der Waals surface area contributed by atoms with Crippen molar-refractivity contribution in [2.24, 2.45) is 16.1 Å². The number of ether oxygens (including phenoxy) is 1. The number of nitrogens with two attached hydrogens (primary N) is 1. The molecule has 1 aliphatic rings. The fraction of sp³-hybridized carbons (Fsp3) is 0.882.